The predicted octanol–water partition coefficient (Wildman–Crippen LogP) is 8.29. The molecule has 3 nitrogen and oxygen atoms in total. The van der Waals surface area contributed by atoms with Crippen LogP contribution < -0.4 is 9.47 Å². The van der Waals surface area contributed by atoms with E-state index in [1.807, 2.05) is 43.3 Å². The fourth-order valence-corrected chi connectivity index (χ4v) is 4.22. The van der Waals surface area contributed by atoms with Crippen LogP contribution in [0.1, 0.15) is 23.6 Å². The number of hydrogen-bond donors (Lipinski definition) is 0. The third-order valence-electron chi connectivity index (χ3n) is 4.29. The molecule has 0 amide bonds. The Morgan fingerprint density at radius 3 is 2.45 bits per heavy atom. The summed E-state index contributed by atoms with van der Waals surface area (Å²) in [7, 11) is 0. The van der Waals surface area contributed by atoms with Crippen molar-refractivity contribution in [2.45, 2.75) is 13.5 Å². The third kappa shape index (κ3) is 6.08. The minimum absolute atomic E-state index is 0.311. The fourth-order valence-electron chi connectivity index (χ4n) is 2.88. The molecule has 3 rings (SSSR count). The molecule has 0 spiro atoms. The van der Waals surface area contributed by atoms with Crippen molar-refractivity contribution in [3.05, 3.63) is 89.9 Å². The highest BCUT2D eigenvalue weighted by atomic mass is 127. The molecule has 3 aromatic carbocycles. The van der Waals surface area contributed by atoms with E-state index in [-0.39, 0.29) is 0 Å². The molecule has 0 radical (unpaired) electrons. The number of ether oxygens (including phenoxy) is 2. The molecule has 0 N–H and O–H groups in total. The van der Waals surface area contributed by atoms with Gasteiger partial charge in [0.05, 0.1) is 31.9 Å². The summed E-state index contributed by atoms with van der Waals surface area (Å²) < 4.78 is 12.7. The first-order valence-electron chi connectivity index (χ1n) is 9.32. The van der Waals surface area contributed by atoms with Gasteiger partial charge in [-0.3, -0.25) is 0 Å². The average Bonchev–Trinajstić information content (AvgIpc) is 2.74. The number of hydrogen-bond acceptors (Lipinski definition) is 3. The minimum Gasteiger partial charge on any atom is -0.490 e. The molecule has 31 heavy (non-hydrogen) atoms. The van der Waals surface area contributed by atoms with Gasteiger partial charge in [-0.2, -0.15) is 5.26 Å². The van der Waals surface area contributed by atoms with Crippen molar-refractivity contribution in [3.63, 3.8) is 0 Å². The van der Waals surface area contributed by atoms with Gasteiger partial charge in [0.25, 0.3) is 0 Å². The van der Waals surface area contributed by atoms with Crippen molar-refractivity contribution >= 4 is 69.0 Å². The summed E-state index contributed by atoms with van der Waals surface area (Å²) in [6.45, 7) is 2.69. The molecule has 0 fully saturated rings. The lowest BCUT2D eigenvalue weighted by Crippen LogP contribution is -2.02. The monoisotopic (exact) mass is 583 g/mol. The van der Waals surface area contributed by atoms with E-state index in [0.717, 1.165) is 14.7 Å². The van der Waals surface area contributed by atoms with Crippen LogP contribution in [-0.4, -0.2) is 6.61 Å². The molecule has 0 heterocycles. The first-order chi connectivity index (χ1) is 14.9. The van der Waals surface area contributed by atoms with Gasteiger partial charge in [0.15, 0.2) is 11.5 Å². The SMILES string of the molecule is CCOc1cc(C=C(C#N)c2ccccc2Cl)cc(I)c1OCc1ccc(Cl)c(Cl)c1. The molecule has 7 heteroatoms. The van der Waals surface area contributed by atoms with Gasteiger partial charge in [-0.25, -0.2) is 0 Å². The maximum Gasteiger partial charge on any atom is 0.175 e. The van der Waals surface area contributed by atoms with Crippen LogP contribution in [0.3, 0.4) is 0 Å². The van der Waals surface area contributed by atoms with Crippen LogP contribution in [0.25, 0.3) is 11.6 Å². The Morgan fingerprint density at radius 2 is 1.77 bits per heavy atom. The minimum atomic E-state index is 0.311. The summed E-state index contributed by atoms with van der Waals surface area (Å²) in [5.74, 6) is 1.22. The lowest BCUT2D eigenvalue weighted by Gasteiger charge is -2.15. The second kappa shape index (κ2) is 11.1. The molecular formula is C24H17Cl3INO2. The zero-order chi connectivity index (χ0) is 22.4. The maximum absolute atomic E-state index is 9.66. The van der Waals surface area contributed by atoms with Crippen LogP contribution in [0.5, 0.6) is 11.5 Å². The average molecular weight is 585 g/mol. The number of benzene rings is 3. The highest BCUT2D eigenvalue weighted by Crippen LogP contribution is 2.36. The first-order valence-corrected chi connectivity index (χ1v) is 11.5. The van der Waals surface area contributed by atoms with Crippen LogP contribution in [0.2, 0.25) is 15.1 Å². The van der Waals surface area contributed by atoms with E-state index >= 15 is 0 Å². The zero-order valence-corrected chi connectivity index (χ0v) is 20.9. The molecule has 158 valence electrons. The van der Waals surface area contributed by atoms with Gasteiger partial charge in [-0.05, 0) is 77.0 Å². The van der Waals surface area contributed by atoms with Gasteiger partial charge < -0.3 is 9.47 Å². The fraction of sp³-hybridized carbons (Fsp3) is 0.125. The van der Waals surface area contributed by atoms with Crippen LogP contribution in [0, 0.1) is 14.9 Å². The summed E-state index contributed by atoms with van der Waals surface area (Å²) in [6.07, 6.45) is 1.79. The topological polar surface area (TPSA) is 42.2 Å². The maximum atomic E-state index is 9.66. The number of nitrogens with zero attached hydrogens (tertiary/aromatic N) is 1. The predicted molar refractivity (Wildman–Crippen MR) is 136 cm³/mol. The van der Waals surface area contributed by atoms with Crippen molar-refractivity contribution in [1.29, 1.82) is 5.26 Å². The Bertz CT molecular complexity index is 1170. The Labute approximate surface area is 210 Å². The van der Waals surface area contributed by atoms with Gasteiger partial charge in [0.1, 0.15) is 6.61 Å². The van der Waals surface area contributed by atoms with Gasteiger partial charge in [-0.15, -0.1) is 0 Å². The summed E-state index contributed by atoms with van der Waals surface area (Å²) in [6, 6.07) is 18.6. The second-order valence-electron chi connectivity index (χ2n) is 6.45. The molecule has 3 aromatic rings. The van der Waals surface area contributed by atoms with E-state index in [1.165, 1.54) is 0 Å². The summed E-state index contributed by atoms with van der Waals surface area (Å²) in [5, 5.41) is 11.2. The molecule has 0 aliphatic rings. The van der Waals surface area contributed by atoms with E-state index in [2.05, 4.69) is 28.7 Å². The molecule has 0 saturated carbocycles. The van der Waals surface area contributed by atoms with Crippen molar-refractivity contribution in [2.75, 3.05) is 6.61 Å². The number of allylic oxidation sites excluding steroid dienone is 1. The summed E-state index contributed by atoms with van der Waals surface area (Å²) >= 11 is 20.5. The van der Waals surface area contributed by atoms with E-state index < -0.39 is 0 Å². The van der Waals surface area contributed by atoms with Crippen LogP contribution in [0.4, 0.5) is 0 Å². The lowest BCUT2D eigenvalue weighted by atomic mass is 10.0. The molecule has 0 bridgehead atoms. The standard InChI is InChI=1S/C24H17Cl3INO2/c1-2-30-23-12-16(9-17(13-29)18-5-3-4-6-19(18)25)11-22(28)24(23)31-14-15-7-8-20(26)21(27)10-15/h3-12H,2,14H2,1H3. The highest BCUT2D eigenvalue weighted by Gasteiger charge is 2.14. The summed E-state index contributed by atoms with van der Waals surface area (Å²) in [4.78, 5) is 0. The number of nitriles is 1. The molecule has 0 unspecified atom stereocenters. The van der Waals surface area contributed by atoms with Gasteiger partial charge in [0, 0.05) is 10.6 Å². The van der Waals surface area contributed by atoms with Gasteiger partial charge in [-0.1, -0.05) is 59.1 Å². The van der Waals surface area contributed by atoms with E-state index in [1.54, 1.807) is 24.3 Å². The summed E-state index contributed by atoms with van der Waals surface area (Å²) in [5.41, 5.74) is 2.85. The normalized spacial score (nSPS) is 11.2. The van der Waals surface area contributed by atoms with Crippen LogP contribution in [0.15, 0.2) is 54.6 Å². The van der Waals surface area contributed by atoms with Crippen LogP contribution in [-0.2, 0) is 6.61 Å². The molecular weight excluding hydrogens is 568 g/mol. The number of rotatable bonds is 7. The van der Waals surface area contributed by atoms with Crippen LogP contribution >= 0.6 is 57.4 Å². The molecule has 0 saturated heterocycles. The second-order valence-corrected chi connectivity index (χ2v) is 8.83. The molecule has 0 atom stereocenters. The Kier molecular flexibility index (Phi) is 8.50. The Morgan fingerprint density at radius 1 is 1.00 bits per heavy atom. The molecule has 0 aliphatic carbocycles. The highest BCUT2D eigenvalue weighted by molar-refractivity contribution is 14.1. The van der Waals surface area contributed by atoms with Crippen molar-refractivity contribution in [2.24, 2.45) is 0 Å². The van der Waals surface area contributed by atoms with Crippen molar-refractivity contribution < 1.29 is 9.47 Å². The number of halogens is 4. The lowest BCUT2D eigenvalue weighted by molar-refractivity contribution is 0.267. The first kappa shape index (κ1) is 23.7. The Balaban J connectivity index is 1.93. The third-order valence-corrected chi connectivity index (χ3v) is 6.16. The smallest absolute Gasteiger partial charge is 0.175 e. The van der Waals surface area contributed by atoms with Gasteiger partial charge >= 0.3 is 0 Å². The zero-order valence-electron chi connectivity index (χ0n) is 16.5. The van der Waals surface area contributed by atoms with Gasteiger partial charge in [0.2, 0.25) is 0 Å². The van der Waals surface area contributed by atoms with E-state index in [4.69, 9.17) is 44.3 Å². The molecule has 0 aromatic heterocycles. The van der Waals surface area contributed by atoms with E-state index in [0.29, 0.717) is 50.9 Å². The largest absolute Gasteiger partial charge is 0.490 e. The Hall–Kier alpha value is -1.91. The van der Waals surface area contributed by atoms with E-state index in [9.17, 15) is 5.26 Å². The van der Waals surface area contributed by atoms with Crippen molar-refractivity contribution in [1.82, 2.24) is 0 Å². The quantitative estimate of drug-likeness (QED) is 0.159. The van der Waals surface area contributed by atoms with Crippen molar-refractivity contribution in [3.8, 4) is 17.6 Å². The molecule has 0 aliphatic heterocycles.